The lowest BCUT2D eigenvalue weighted by Crippen LogP contribution is -2.27. The monoisotopic (exact) mass is 236 g/mol. The predicted octanol–water partition coefficient (Wildman–Crippen LogP) is 3.95. The molecule has 2 nitrogen and oxygen atoms in total. The van der Waals surface area contributed by atoms with Gasteiger partial charge in [0.05, 0.1) is 0 Å². The van der Waals surface area contributed by atoms with Crippen LogP contribution in [0.5, 0.6) is 0 Å². The third kappa shape index (κ3) is 11.4. The van der Waals surface area contributed by atoms with Crippen molar-refractivity contribution in [2.45, 2.75) is 47.0 Å². The molecule has 17 heavy (non-hydrogen) atoms. The Kier molecular flexibility index (Phi) is 8.69. The maximum Gasteiger partial charge on any atom is 0.0296 e. The van der Waals surface area contributed by atoms with E-state index in [0.29, 0.717) is 5.41 Å². The number of hydrogen-bond donors (Lipinski definition) is 1. The molecule has 0 heterocycles. The highest BCUT2D eigenvalue weighted by atomic mass is 14.9. The molecule has 0 aliphatic rings. The van der Waals surface area contributed by atoms with Gasteiger partial charge in [0.1, 0.15) is 0 Å². The summed E-state index contributed by atoms with van der Waals surface area (Å²) in [6, 6.07) is 0. The molecule has 0 aliphatic heterocycles. The minimum atomic E-state index is 0.380. The van der Waals surface area contributed by atoms with E-state index in [1.54, 1.807) is 6.20 Å². The van der Waals surface area contributed by atoms with Gasteiger partial charge >= 0.3 is 0 Å². The summed E-state index contributed by atoms with van der Waals surface area (Å²) < 4.78 is 0. The van der Waals surface area contributed by atoms with Crippen molar-refractivity contribution in [1.82, 2.24) is 5.32 Å². The van der Waals surface area contributed by atoms with Crippen LogP contribution in [0.1, 0.15) is 47.0 Å². The van der Waals surface area contributed by atoms with Crippen LogP contribution in [-0.4, -0.2) is 19.3 Å². The van der Waals surface area contributed by atoms with Crippen LogP contribution >= 0.6 is 0 Å². The molecule has 0 fully saturated rings. The van der Waals surface area contributed by atoms with Crippen molar-refractivity contribution in [3.05, 3.63) is 24.4 Å². The second-order valence-electron chi connectivity index (χ2n) is 5.52. The first-order valence-corrected chi connectivity index (χ1v) is 6.49. The minimum Gasteiger partial charge on any atom is -0.316 e. The predicted molar refractivity (Wildman–Crippen MR) is 78.6 cm³/mol. The van der Waals surface area contributed by atoms with Gasteiger partial charge in [0, 0.05) is 12.4 Å². The second-order valence-corrected chi connectivity index (χ2v) is 5.52. The summed E-state index contributed by atoms with van der Waals surface area (Å²) in [6.07, 6.45) is 9.12. The van der Waals surface area contributed by atoms with Crippen LogP contribution in [0.2, 0.25) is 0 Å². The van der Waals surface area contributed by atoms with Crippen molar-refractivity contribution in [2.24, 2.45) is 10.4 Å². The van der Waals surface area contributed by atoms with Gasteiger partial charge in [-0.2, -0.15) is 0 Å². The molecule has 0 radical (unpaired) electrons. The van der Waals surface area contributed by atoms with Crippen molar-refractivity contribution in [2.75, 3.05) is 13.1 Å². The standard InChI is InChI=1S/C15H28N2/c1-6-14(12-16-7-2)10-8-9-11-17-13-15(3,4)5/h6-7,12,17H,2,8-11,13H2,1,3-5H3/b14-6-,16-12?. The molecule has 0 rings (SSSR count). The summed E-state index contributed by atoms with van der Waals surface area (Å²) in [7, 11) is 0. The fourth-order valence-electron chi connectivity index (χ4n) is 1.47. The quantitative estimate of drug-likeness (QED) is 0.501. The van der Waals surface area contributed by atoms with Gasteiger partial charge in [-0.1, -0.05) is 33.4 Å². The molecule has 0 aromatic carbocycles. The van der Waals surface area contributed by atoms with Gasteiger partial charge in [-0.15, -0.1) is 0 Å². The van der Waals surface area contributed by atoms with Gasteiger partial charge < -0.3 is 5.32 Å². The zero-order valence-electron chi connectivity index (χ0n) is 11.9. The summed E-state index contributed by atoms with van der Waals surface area (Å²) in [5.41, 5.74) is 1.67. The van der Waals surface area contributed by atoms with Crippen molar-refractivity contribution in [3.8, 4) is 0 Å². The average Bonchev–Trinajstić information content (AvgIpc) is 2.25. The van der Waals surface area contributed by atoms with Crippen LogP contribution in [0.4, 0.5) is 0 Å². The van der Waals surface area contributed by atoms with Gasteiger partial charge in [0.2, 0.25) is 0 Å². The molecule has 0 amide bonds. The molecular weight excluding hydrogens is 208 g/mol. The molecule has 0 saturated heterocycles. The van der Waals surface area contributed by atoms with Crippen LogP contribution in [0.25, 0.3) is 0 Å². The average molecular weight is 236 g/mol. The molecule has 0 atom stereocenters. The SMILES string of the molecule is C=CN=C/C(=C\C)CCCCNCC(C)(C)C. The zero-order chi connectivity index (χ0) is 13.1. The lowest BCUT2D eigenvalue weighted by molar-refractivity contribution is 0.378. The zero-order valence-corrected chi connectivity index (χ0v) is 11.9. The molecule has 0 saturated carbocycles. The molecule has 2 heteroatoms. The van der Waals surface area contributed by atoms with E-state index in [2.05, 4.69) is 50.7 Å². The van der Waals surface area contributed by atoms with E-state index < -0.39 is 0 Å². The number of allylic oxidation sites excluding steroid dienone is 2. The molecule has 0 aromatic heterocycles. The summed E-state index contributed by atoms with van der Waals surface area (Å²) in [4.78, 5) is 4.05. The largest absolute Gasteiger partial charge is 0.316 e. The Balaban J connectivity index is 3.57. The normalized spacial score (nSPS) is 13.3. The van der Waals surface area contributed by atoms with Gasteiger partial charge in [-0.3, -0.25) is 4.99 Å². The Bertz CT molecular complexity index is 257. The Hall–Kier alpha value is -0.890. The molecule has 0 bridgehead atoms. The van der Waals surface area contributed by atoms with E-state index in [-0.39, 0.29) is 0 Å². The number of nitrogens with one attached hydrogen (secondary N) is 1. The Morgan fingerprint density at radius 2 is 2.00 bits per heavy atom. The van der Waals surface area contributed by atoms with Crippen LogP contribution in [-0.2, 0) is 0 Å². The molecule has 0 unspecified atom stereocenters. The van der Waals surface area contributed by atoms with Gasteiger partial charge in [0.25, 0.3) is 0 Å². The van der Waals surface area contributed by atoms with E-state index in [4.69, 9.17) is 0 Å². The smallest absolute Gasteiger partial charge is 0.0296 e. The van der Waals surface area contributed by atoms with Crippen LogP contribution in [0.15, 0.2) is 29.4 Å². The highest BCUT2D eigenvalue weighted by Gasteiger charge is 2.07. The number of nitrogens with zero attached hydrogens (tertiary/aromatic N) is 1. The fraction of sp³-hybridized carbons (Fsp3) is 0.667. The van der Waals surface area contributed by atoms with Crippen molar-refractivity contribution < 1.29 is 0 Å². The molecular formula is C15H28N2. The lowest BCUT2D eigenvalue weighted by Gasteiger charge is -2.18. The van der Waals surface area contributed by atoms with Gasteiger partial charge in [-0.25, -0.2) is 0 Å². The molecule has 0 spiro atoms. The van der Waals surface area contributed by atoms with Gasteiger partial charge in [0.15, 0.2) is 0 Å². The van der Waals surface area contributed by atoms with Crippen LogP contribution in [0.3, 0.4) is 0 Å². The minimum absolute atomic E-state index is 0.380. The number of unbranched alkanes of at least 4 members (excludes halogenated alkanes) is 1. The number of hydrogen-bond acceptors (Lipinski definition) is 2. The summed E-state index contributed by atoms with van der Waals surface area (Å²) in [5, 5.41) is 3.49. The number of rotatable bonds is 8. The molecule has 1 N–H and O–H groups in total. The highest BCUT2D eigenvalue weighted by molar-refractivity contribution is 5.78. The van der Waals surface area contributed by atoms with Crippen LogP contribution in [0, 0.1) is 5.41 Å². The van der Waals surface area contributed by atoms with E-state index >= 15 is 0 Å². The maximum absolute atomic E-state index is 4.05. The first-order chi connectivity index (χ1) is 7.99. The third-order valence-electron chi connectivity index (χ3n) is 2.44. The summed E-state index contributed by atoms with van der Waals surface area (Å²) in [5.74, 6) is 0. The maximum atomic E-state index is 4.05. The first-order valence-electron chi connectivity index (χ1n) is 6.49. The van der Waals surface area contributed by atoms with Crippen LogP contribution < -0.4 is 5.32 Å². The van der Waals surface area contributed by atoms with Crippen molar-refractivity contribution >= 4 is 6.21 Å². The summed E-state index contributed by atoms with van der Waals surface area (Å²) in [6.45, 7) is 14.6. The van der Waals surface area contributed by atoms with Crippen molar-refractivity contribution in [3.63, 3.8) is 0 Å². The van der Waals surface area contributed by atoms with Gasteiger partial charge in [-0.05, 0) is 50.3 Å². The van der Waals surface area contributed by atoms with E-state index in [9.17, 15) is 0 Å². The first kappa shape index (κ1) is 16.1. The molecule has 0 aliphatic carbocycles. The van der Waals surface area contributed by atoms with E-state index in [0.717, 1.165) is 19.5 Å². The molecule has 0 aromatic rings. The topological polar surface area (TPSA) is 24.4 Å². The molecule has 98 valence electrons. The Morgan fingerprint density at radius 1 is 1.29 bits per heavy atom. The lowest BCUT2D eigenvalue weighted by atomic mass is 9.97. The number of aliphatic imine (C=N–C) groups is 1. The van der Waals surface area contributed by atoms with Crippen molar-refractivity contribution in [1.29, 1.82) is 0 Å². The second kappa shape index (κ2) is 9.17. The van der Waals surface area contributed by atoms with E-state index in [1.807, 2.05) is 6.21 Å². The highest BCUT2D eigenvalue weighted by Crippen LogP contribution is 2.10. The fourth-order valence-corrected chi connectivity index (χ4v) is 1.47. The Morgan fingerprint density at radius 3 is 2.53 bits per heavy atom. The third-order valence-corrected chi connectivity index (χ3v) is 2.44. The van der Waals surface area contributed by atoms with E-state index in [1.165, 1.54) is 18.4 Å². The summed E-state index contributed by atoms with van der Waals surface area (Å²) >= 11 is 0. The Labute approximate surface area is 107 Å².